The van der Waals surface area contributed by atoms with Gasteiger partial charge in [-0.1, -0.05) is 59.7 Å². The third-order valence-electron chi connectivity index (χ3n) is 2.73. The van der Waals surface area contributed by atoms with E-state index < -0.39 is 20.9 Å². The molecule has 1 nitrogen and oxygen atoms in total. The Hall–Kier alpha value is 0.0334. The van der Waals surface area contributed by atoms with Gasteiger partial charge < -0.3 is 0 Å². The summed E-state index contributed by atoms with van der Waals surface area (Å²) < 4.78 is 0. The second-order valence-corrected chi connectivity index (χ2v) is 13.7. The van der Waals surface area contributed by atoms with Gasteiger partial charge in [0.05, 0.1) is 0 Å². The zero-order valence-electron chi connectivity index (χ0n) is 11.5. The van der Waals surface area contributed by atoms with Crippen LogP contribution >= 0.6 is 37.0 Å². The summed E-state index contributed by atoms with van der Waals surface area (Å²) in [6, 6.07) is 17.5. The SMILES string of the molecule is Cc1ccc(P(C=O)c2ccc(C)cc2)cc1.[Cl][Rh]([Cl])[Cl]. The molecule has 0 saturated heterocycles. The van der Waals surface area contributed by atoms with Crippen molar-refractivity contribution in [2.24, 2.45) is 0 Å². The molecule has 0 heterocycles. The van der Waals surface area contributed by atoms with Gasteiger partial charge in [0.1, 0.15) is 0 Å². The van der Waals surface area contributed by atoms with Crippen molar-refractivity contribution in [2.45, 2.75) is 13.8 Å². The number of hydrogen-bond acceptors (Lipinski definition) is 1. The first-order valence-corrected chi connectivity index (χ1v) is 13.7. The van der Waals surface area contributed by atoms with Crippen LogP contribution in [0.1, 0.15) is 11.1 Å². The predicted octanol–water partition coefficient (Wildman–Crippen LogP) is 4.99. The van der Waals surface area contributed by atoms with Gasteiger partial charge in [-0.05, 0) is 24.5 Å². The Morgan fingerprint density at radius 1 is 0.810 bits per heavy atom. The molecule has 0 aliphatic heterocycles. The van der Waals surface area contributed by atoms with Gasteiger partial charge in [0, 0.05) is 7.92 Å². The third-order valence-corrected chi connectivity index (χ3v) is 4.65. The van der Waals surface area contributed by atoms with Crippen LogP contribution < -0.4 is 10.6 Å². The number of benzene rings is 2. The van der Waals surface area contributed by atoms with Crippen LogP contribution in [-0.2, 0) is 17.8 Å². The van der Waals surface area contributed by atoms with Crippen LogP contribution in [0.15, 0.2) is 48.5 Å². The Bertz CT molecular complexity index is 510. The van der Waals surface area contributed by atoms with E-state index in [1.807, 2.05) is 0 Å². The summed E-state index contributed by atoms with van der Waals surface area (Å²) in [6.45, 7) is 4.11. The molecule has 0 saturated carbocycles. The van der Waals surface area contributed by atoms with E-state index in [2.05, 4.69) is 62.4 Å². The zero-order chi connectivity index (χ0) is 15.8. The van der Waals surface area contributed by atoms with Crippen molar-refractivity contribution in [2.75, 3.05) is 0 Å². The number of rotatable bonds is 3. The van der Waals surface area contributed by atoms with E-state index in [1.54, 1.807) is 0 Å². The molecule has 2 aromatic carbocycles. The molecule has 0 N–H and O–H groups in total. The van der Waals surface area contributed by atoms with Crippen LogP contribution in [0.25, 0.3) is 0 Å². The second-order valence-electron chi connectivity index (χ2n) is 4.29. The Morgan fingerprint density at radius 2 is 1.10 bits per heavy atom. The van der Waals surface area contributed by atoms with E-state index in [4.69, 9.17) is 29.1 Å². The van der Waals surface area contributed by atoms with Gasteiger partial charge in [-0.25, -0.2) is 0 Å². The van der Waals surface area contributed by atoms with E-state index in [0.29, 0.717) is 0 Å². The van der Waals surface area contributed by atoms with Crippen LogP contribution in [0.2, 0.25) is 0 Å². The van der Waals surface area contributed by atoms with Crippen LogP contribution in [-0.4, -0.2) is 6.03 Å². The summed E-state index contributed by atoms with van der Waals surface area (Å²) in [5.74, 6) is 0. The van der Waals surface area contributed by atoms with E-state index >= 15 is 0 Å². The van der Waals surface area contributed by atoms with Crippen molar-refractivity contribution < 1.29 is 17.8 Å². The van der Waals surface area contributed by atoms with Crippen LogP contribution in [0.4, 0.5) is 0 Å². The number of carbonyl (C=O) groups excluding carboxylic acids is 1. The fourth-order valence-corrected chi connectivity index (χ4v) is 3.16. The van der Waals surface area contributed by atoms with Crippen molar-refractivity contribution in [3.63, 3.8) is 0 Å². The normalized spacial score (nSPS) is 10.7. The molecule has 0 amide bonds. The van der Waals surface area contributed by atoms with Crippen molar-refractivity contribution in [1.29, 1.82) is 0 Å². The molecule has 0 aromatic heterocycles. The number of halogens is 3. The monoisotopic (exact) mass is 450 g/mol. The molecule has 21 heavy (non-hydrogen) atoms. The van der Waals surface area contributed by atoms with Crippen molar-refractivity contribution in [1.82, 2.24) is 0 Å². The molecule has 0 fully saturated rings. The maximum absolute atomic E-state index is 11.3. The van der Waals surface area contributed by atoms with Crippen LogP contribution in [0.3, 0.4) is 0 Å². The molecule has 116 valence electrons. The molecule has 2 aromatic rings. The fraction of sp³-hybridized carbons (Fsp3) is 0.133. The van der Waals surface area contributed by atoms with E-state index in [-0.39, 0.29) is 0 Å². The molecule has 0 aliphatic carbocycles. The minimum absolute atomic E-state index is 0.854. The van der Waals surface area contributed by atoms with Gasteiger partial charge in [-0.15, -0.1) is 0 Å². The maximum atomic E-state index is 11.3. The van der Waals surface area contributed by atoms with Crippen molar-refractivity contribution >= 4 is 53.6 Å². The van der Waals surface area contributed by atoms with E-state index in [9.17, 15) is 4.79 Å². The first-order valence-electron chi connectivity index (χ1n) is 5.96. The molecular weight excluding hydrogens is 436 g/mol. The fourth-order valence-electron chi connectivity index (χ4n) is 1.68. The number of carbonyl (C=O) groups is 1. The molecule has 2 rings (SSSR count). The molecule has 0 bridgehead atoms. The van der Waals surface area contributed by atoms with Crippen LogP contribution in [0.5, 0.6) is 0 Å². The summed E-state index contributed by atoms with van der Waals surface area (Å²) in [6.07, 6.45) is 0. The Morgan fingerprint density at radius 3 is 1.33 bits per heavy atom. The van der Waals surface area contributed by atoms with Crippen LogP contribution in [0, 0.1) is 13.8 Å². The van der Waals surface area contributed by atoms with Gasteiger partial charge in [0.15, 0.2) is 6.03 Å². The number of hydrogen-bond donors (Lipinski definition) is 0. The van der Waals surface area contributed by atoms with Gasteiger partial charge in [-0.3, -0.25) is 4.79 Å². The standard InChI is InChI=1S/C15H15OP.3ClH.Rh/c1-12-3-7-14(8-4-12)17(11-16)15-9-5-13(2)6-10-15;;;;/h3-11H,1-2H3;3*1H;/q;;;;+3/p-3. The molecule has 0 radical (unpaired) electrons. The Kier molecular flexibility index (Phi) is 9.02. The molecule has 0 spiro atoms. The number of aryl methyl sites for hydroxylation is 2. The zero-order valence-corrected chi connectivity index (χ0v) is 16.3. The van der Waals surface area contributed by atoms with E-state index in [1.165, 1.54) is 11.1 Å². The average molecular weight is 452 g/mol. The van der Waals surface area contributed by atoms with Gasteiger partial charge >= 0.3 is 42.1 Å². The minimum atomic E-state index is -1.66. The molecule has 6 heteroatoms. The predicted molar refractivity (Wildman–Crippen MR) is 92.9 cm³/mol. The topological polar surface area (TPSA) is 17.1 Å². The second kappa shape index (κ2) is 9.93. The summed E-state index contributed by atoms with van der Waals surface area (Å²) in [5, 5.41) is 2.23. The quantitative estimate of drug-likeness (QED) is 0.365. The first kappa shape index (κ1) is 19.1. The summed E-state index contributed by atoms with van der Waals surface area (Å²) in [4.78, 5) is 11.3. The van der Waals surface area contributed by atoms with Gasteiger partial charge in [0.2, 0.25) is 0 Å². The average Bonchev–Trinajstić information content (AvgIpc) is 2.43. The summed E-state index contributed by atoms with van der Waals surface area (Å²) >= 11 is -1.66. The van der Waals surface area contributed by atoms with Crippen molar-refractivity contribution in [3.05, 3.63) is 59.7 Å². The van der Waals surface area contributed by atoms with Crippen molar-refractivity contribution in [3.8, 4) is 0 Å². The Labute approximate surface area is 144 Å². The summed E-state index contributed by atoms with van der Waals surface area (Å²) in [7, 11) is 14.0. The van der Waals surface area contributed by atoms with Gasteiger partial charge in [-0.2, -0.15) is 0 Å². The molecule has 0 unspecified atom stereocenters. The Balaban J connectivity index is 0.000000491. The third kappa shape index (κ3) is 7.22. The molecular formula is C15H15Cl3OPRh. The summed E-state index contributed by atoms with van der Waals surface area (Å²) in [5.41, 5.74) is 2.44. The molecule has 0 atom stereocenters. The van der Waals surface area contributed by atoms with E-state index in [0.717, 1.165) is 16.6 Å². The molecule has 0 aliphatic rings. The van der Waals surface area contributed by atoms with Gasteiger partial charge in [0.25, 0.3) is 0 Å². The first-order chi connectivity index (χ1) is 9.93.